The first-order chi connectivity index (χ1) is 11.2. The van der Waals surface area contributed by atoms with Gasteiger partial charge in [0, 0.05) is 32.2 Å². The minimum Gasteiger partial charge on any atom is -0.374 e. The van der Waals surface area contributed by atoms with E-state index in [1.807, 2.05) is 6.07 Å². The first kappa shape index (κ1) is 22.2. The number of hydrogen-bond acceptors (Lipinski definition) is 4. The molecule has 2 fully saturated rings. The van der Waals surface area contributed by atoms with E-state index in [1.54, 1.807) is 0 Å². The van der Waals surface area contributed by atoms with Crippen molar-refractivity contribution in [2.24, 2.45) is 11.7 Å². The molecule has 2 aliphatic rings. The minimum atomic E-state index is -0.0148. The van der Waals surface area contributed by atoms with Crippen LogP contribution in [0, 0.1) is 5.92 Å². The van der Waals surface area contributed by atoms with Crippen LogP contribution in [0.2, 0.25) is 0 Å². The Morgan fingerprint density at radius 1 is 1.24 bits per heavy atom. The van der Waals surface area contributed by atoms with Gasteiger partial charge in [0.2, 0.25) is 5.91 Å². The van der Waals surface area contributed by atoms with Crippen LogP contribution in [0.3, 0.4) is 0 Å². The van der Waals surface area contributed by atoms with Gasteiger partial charge in [-0.15, -0.1) is 24.8 Å². The van der Waals surface area contributed by atoms with Crippen LogP contribution in [0.4, 0.5) is 0 Å². The average Bonchev–Trinajstić information content (AvgIpc) is 3.00. The number of halogens is 2. The first-order valence-corrected chi connectivity index (χ1v) is 8.63. The van der Waals surface area contributed by atoms with Crippen LogP contribution in [0.15, 0.2) is 30.3 Å². The van der Waals surface area contributed by atoms with Gasteiger partial charge in [0.15, 0.2) is 0 Å². The Labute approximate surface area is 162 Å². The zero-order chi connectivity index (χ0) is 16.1. The van der Waals surface area contributed by atoms with E-state index in [-0.39, 0.29) is 48.8 Å². The number of benzene rings is 1. The van der Waals surface area contributed by atoms with Crippen LogP contribution in [-0.4, -0.2) is 49.2 Å². The van der Waals surface area contributed by atoms with Gasteiger partial charge in [-0.1, -0.05) is 36.8 Å². The van der Waals surface area contributed by atoms with Gasteiger partial charge >= 0.3 is 0 Å². The van der Waals surface area contributed by atoms with Crippen LogP contribution >= 0.6 is 24.8 Å². The van der Waals surface area contributed by atoms with Crippen molar-refractivity contribution in [1.29, 1.82) is 0 Å². The first-order valence-electron chi connectivity index (χ1n) is 8.63. The molecule has 1 aromatic rings. The zero-order valence-corrected chi connectivity index (χ0v) is 16.1. The molecule has 3 unspecified atom stereocenters. The molecule has 3 atom stereocenters. The van der Waals surface area contributed by atoms with Crippen LogP contribution in [0.25, 0.3) is 0 Å². The summed E-state index contributed by atoms with van der Waals surface area (Å²) in [5, 5.41) is 3.04. The van der Waals surface area contributed by atoms with E-state index in [9.17, 15) is 4.79 Å². The monoisotopic (exact) mass is 389 g/mol. The molecular weight excluding hydrogens is 361 g/mol. The summed E-state index contributed by atoms with van der Waals surface area (Å²) >= 11 is 0. The van der Waals surface area contributed by atoms with Crippen LogP contribution in [0.1, 0.15) is 24.8 Å². The van der Waals surface area contributed by atoms with Crippen molar-refractivity contribution >= 4 is 30.7 Å². The number of nitrogens with two attached hydrogens (primary N) is 1. The smallest absolute Gasteiger partial charge is 0.224 e. The quantitative estimate of drug-likeness (QED) is 0.807. The topological polar surface area (TPSA) is 67.6 Å². The Bertz CT molecular complexity index is 518. The summed E-state index contributed by atoms with van der Waals surface area (Å²) in [7, 11) is 0. The Hall–Kier alpha value is -0.850. The lowest BCUT2D eigenvalue weighted by molar-refractivity contribution is -0.126. The molecule has 1 saturated heterocycles. The average molecular weight is 390 g/mol. The molecule has 1 heterocycles. The van der Waals surface area contributed by atoms with Gasteiger partial charge in [-0.05, 0) is 18.4 Å². The third kappa shape index (κ3) is 6.42. The van der Waals surface area contributed by atoms with E-state index in [1.165, 1.54) is 5.56 Å². The second kappa shape index (κ2) is 11.0. The predicted octanol–water partition coefficient (Wildman–Crippen LogP) is 1.97. The van der Waals surface area contributed by atoms with E-state index in [2.05, 4.69) is 34.5 Å². The Morgan fingerprint density at radius 2 is 2.00 bits per heavy atom. The fourth-order valence-corrected chi connectivity index (χ4v) is 3.55. The zero-order valence-electron chi connectivity index (χ0n) is 14.4. The number of hydrogen-bond donors (Lipinski definition) is 2. The normalized spacial score (nSPS) is 26.4. The number of ether oxygens (including phenoxy) is 1. The molecule has 0 radical (unpaired) electrons. The van der Waals surface area contributed by atoms with Crippen LogP contribution < -0.4 is 11.1 Å². The summed E-state index contributed by atoms with van der Waals surface area (Å²) in [4.78, 5) is 14.6. The number of nitrogens with zero attached hydrogens (tertiary/aromatic N) is 1. The van der Waals surface area contributed by atoms with Gasteiger partial charge in [0.05, 0.1) is 18.6 Å². The van der Waals surface area contributed by atoms with Crippen molar-refractivity contribution in [3.63, 3.8) is 0 Å². The highest BCUT2D eigenvalue weighted by molar-refractivity contribution is 5.85. The number of amides is 1. The predicted molar refractivity (Wildman–Crippen MR) is 104 cm³/mol. The number of morpholine rings is 1. The van der Waals surface area contributed by atoms with Crippen molar-refractivity contribution < 1.29 is 9.53 Å². The molecule has 7 heteroatoms. The molecule has 1 saturated carbocycles. The van der Waals surface area contributed by atoms with E-state index >= 15 is 0 Å². The highest BCUT2D eigenvalue weighted by atomic mass is 35.5. The van der Waals surface area contributed by atoms with Crippen molar-refractivity contribution in [2.45, 2.75) is 38.0 Å². The second-order valence-corrected chi connectivity index (χ2v) is 6.66. The standard InChI is InChI=1S/C18H27N3O2.2ClH/c19-17-8-4-7-16(17)18(22)20-11-15-13-21(9-10-23-15)12-14-5-2-1-3-6-14;;/h1-3,5-6,15-17H,4,7-13,19H2,(H,20,22);2*1H. The lowest BCUT2D eigenvalue weighted by Crippen LogP contribution is -2.48. The highest BCUT2D eigenvalue weighted by Gasteiger charge is 2.30. The number of carbonyl (C=O) groups excluding carboxylic acids is 1. The molecule has 3 N–H and O–H groups in total. The van der Waals surface area contributed by atoms with Crippen molar-refractivity contribution in [2.75, 3.05) is 26.2 Å². The van der Waals surface area contributed by atoms with Gasteiger partial charge < -0.3 is 15.8 Å². The Kier molecular flexibility index (Phi) is 9.75. The third-order valence-corrected chi connectivity index (χ3v) is 4.88. The molecule has 3 rings (SSSR count). The maximum atomic E-state index is 12.2. The highest BCUT2D eigenvalue weighted by Crippen LogP contribution is 2.24. The lowest BCUT2D eigenvalue weighted by Gasteiger charge is -2.33. The summed E-state index contributed by atoms with van der Waals surface area (Å²) in [6.07, 6.45) is 3.00. The van der Waals surface area contributed by atoms with Crippen molar-refractivity contribution in [1.82, 2.24) is 10.2 Å². The second-order valence-electron chi connectivity index (χ2n) is 6.66. The maximum Gasteiger partial charge on any atom is 0.224 e. The summed E-state index contributed by atoms with van der Waals surface area (Å²) in [6, 6.07) is 10.5. The Morgan fingerprint density at radius 3 is 2.68 bits per heavy atom. The molecule has 1 aromatic carbocycles. The van der Waals surface area contributed by atoms with E-state index < -0.39 is 0 Å². The fraction of sp³-hybridized carbons (Fsp3) is 0.611. The van der Waals surface area contributed by atoms with E-state index in [0.717, 1.165) is 45.5 Å². The van der Waals surface area contributed by atoms with Crippen LogP contribution in [0.5, 0.6) is 0 Å². The molecule has 25 heavy (non-hydrogen) atoms. The largest absolute Gasteiger partial charge is 0.374 e. The van der Waals surface area contributed by atoms with E-state index in [0.29, 0.717) is 6.54 Å². The van der Waals surface area contributed by atoms with Gasteiger partial charge in [-0.3, -0.25) is 9.69 Å². The van der Waals surface area contributed by atoms with Crippen molar-refractivity contribution in [3.8, 4) is 0 Å². The maximum absolute atomic E-state index is 12.2. The van der Waals surface area contributed by atoms with Gasteiger partial charge in [-0.25, -0.2) is 0 Å². The summed E-state index contributed by atoms with van der Waals surface area (Å²) in [5.41, 5.74) is 7.31. The molecule has 1 aliphatic heterocycles. The minimum absolute atomic E-state index is 0. The molecule has 0 bridgehead atoms. The molecule has 0 aromatic heterocycles. The number of nitrogens with one attached hydrogen (secondary N) is 1. The number of carbonyl (C=O) groups is 1. The van der Waals surface area contributed by atoms with Gasteiger partial charge in [0.1, 0.15) is 0 Å². The van der Waals surface area contributed by atoms with E-state index in [4.69, 9.17) is 10.5 Å². The molecule has 5 nitrogen and oxygen atoms in total. The molecule has 142 valence electrons. The van der Waals surface area contributed by atoms with Crippen LogP contribution in [-0.2, 0) is 16.1 Å². The lowest BCUT2D eigenvalue weighted by atomic mass is 10.0. The summed E-state index contributed by atoms with van der Waals surface area (Å²) < 4.78 is 5.80. The molecular formula is C18H29Cl2N3O2. The summed E-state index contributed by atoms with van der Waals surface area (Å²) in [5.74, 6) is 0.0813. The Balaban J connectivity index is 0.00000156. The van der Waals surface area contributed by atoms with Gasteiger partial charge in [-0.2, -0.15) is 0 Å². The van der Waals surface area contributed by atoms with Crippen molar-refractivity contribution in [3.05, 3.63) is 35.9 Å². The SMILES string of the molecule is Cl.Cl.NC1CCCC1C(=O)NCC1CN(Cc2ccccc2)CCO1. The molecule has 0 spiro atoms. The summed E-state index contributed by atoms with van der Waals surface area (Å²) in [6.45, 7) is 4.02. The number of rotatable bonds is 5. The van der Waals surface area contributed by atoms with Gasteiger partial charge in [0.25, 0.3) is 0 Å². The molecule has 1 aliphatic carbocycles. The third-order valence-electron chi connectivity index (χ3n) is 4.88. The molecule has 1 amide bonds. The fourth-order valence-electron chi connectivity index (χ4n) is 3.55.